The average Bonchev–Trinajstić information content (AvgIpc) is 2.94. The minimum absolute atomic E-state index is 0.0124. The molecule has 2 aliphatic rings. The van der Waals surface area contributed by atoms with Gasteiger partial charge >= 0.3 is 0 Å². The lowest BCUT2D eigenvalue weighted by molar-refractivity contribution is -0.144. The first-order chi connectivity index (χ1) is 11.0. The molecule has 2 rings (SSSR count). The molecule has 2 heterocycles. The topological polar surface area (TPSA) is 86.8 Å². The Kier molecular flexibility index (Phi) is 5.59. The Morgan fingerprint density at radius 1 is 1.08 bits per heavy atom. The van der Waals surface area contributed by atoms with E-state index in [2.05, 4.69) is 5.32 Å². The molecule has 2 amide bonds. The van der Waals surface area contributed by atoms with Crippen LogP contribution in [0, 0.1) is 5.41 Å². The second kappa shape index (κ2) is 7.00. The molecule has 0 radical (unpaired) electrons. The van der Waals surface area contributed by atoms with E-state index in [1.807, 2.05) is 20.8 Å². The summed E-state index contributed by atoms with van der Waals surface area (Å²) in [5, 5.41) is 2.96. The lowest BCUT2D eigenvalue weighted by Gasteiger charge is -2.34. The zero-order chi connectivity index (χ0) is 18.1. The number of likely N-dealkylation sites (tertiary alicyclic amines) is 1. The molecule has 0 bridgehead atoms. The molecule has 2 unspecified atom stereocenters. The standard InChI is InChI=1S/C16H29N3O4S/c1-16(2,3)15(21)19-10-6-8-13(19)14(20)17-12-7-5-9-18(11-12)24(4,22)23/h12-13H,5-11H2,1-4H3,(H,17,20). The van der Waals surface area contributed by atoms with Crippen LogP contribution in [0.1, 0.15) is 46.5 Å². The Hall–Kier alpha value is -1.15. The highest BCUT2D eigenvalue weighted by Crippen LogP contribution is 2.26. The first kappa shape index (κ1) is 19.2. The van der Waals surface area contributed by atoms with Crippen LogP contribution in [0.15, 0.2) is 0 Å². The summed E-state index contributed by atoms with van der Waals surface area (Å²) in [6, 6.07) is -0.626. The van der Waals surface area contributed by atoms with E-state index in [-0.39, 0.29) is 17.9 Å². The molecule has 2 atom stereocenters. The molecule has 0 aliphatic carbocycles. The van der Waals surface area contributed by atoms with Gasteiger partial charge in [-0.3, -0.25) is 9.59 Å². The van der Waals surface area contributed by atoms with Gasteiger partial charge in [0.15, 0.2) is 0 Å². The summed E-state index contributed by atoms with van der Waals surface area (Å²) in [4.78, 5) is 26.8. The van der Waals surface area contributed by atoms with Crippen LogP contribution in [0.4, 0.5) is 0 Å². The van der Waals surface area contributed by atoms with E-state index in [9.17, 15) is 18.0 Å². The normalized spacial score (nSPS) is 26.4. The number of nitrogens with one attached hydrogen (secondary N) is 1. The minimum Gasteiger partial charge on any atom is -0.350 e. The molecule has 0 aromatic carbocycles. The Morgan fingerprint density at radius 2 is 1.71 bits per heavy atom. The maximum Gasteiger partial charge on any atom is 0.243 e. The van der Waals surface area contributed by atoms with Crippen molar-refractivity contribution in [3.05, 3.63) is 0 Å². The Bertz CT molecular complexity index is 597. The van der Waals surface area contributed by atoms with Gasteiger partial charge in [0.25, 0.3) is 0 Å². The number of sulfonamides is 1. The number of amides is 2. The summed E-state index contributed by atoms with van der Waals surface area (Å²) >= 11 is 0. The molecule has 2 fully saturated rings. The Labute approximate surface area is 144 Å². The van der Waals surface area contributed by atoms with Crippen molar-refractivity contribution >= 4 is 21.8 Å². The molecular weight excluding hydrogens is 330 g/mol. The first-order valence-corrected chi connectivity index (χ1v) is 10.4. The zero-order valence-electron chi connectivity index (χ0n) is 15.0. The summed E-state index contributed by atoms with van der Waals surface area (Å²) in [5.41, 5.74) is -0.513. The number of rotatable bonds is 3. The number of piperidine rings is 1. The summed E-state index contributed by atoms with van der Waals surface area (Å²) in [7, 11) is -3.24. The number of nitrogens with zero attached hydrogens (tertiary/aromatic N) is 2. The van der Waals surface area contributed by atoms with Crippen molar-refractivity contribution in [2.45, 2.75) is 58.5 Å². The quantitative estimate of drug-likeness (QED) is 0.798. The fourth-order valence-electron chi connectivity index (χ4n) is 3.37. The largest absolute Gasteiger partial charge is 0.350 e. The van der Waals surface area contributed by atoms with Gasteiger partial charge in [-0.05, 0) is 25.7 Å². The highest BCUT2D eigenvalue weighted by Gasteiger charge is 2.39. The van der Waals surface area contributed by atoms with E-state index in [4.69, 9.17) is 0 Å². The van der Waals surface area contributed by atoms with Gasteiger partial charge in [-0.15, -0.1) is 0 Å². The lowest BCUT2D eigenvalue weighted by atomic mass is 9.94. The maximum atomic E-state index is 12.6. The maximum absolute atomic E-state index is 12.6. The van der Waals surface area contributed by atoms with Crippen LogP contribution in [-0.2, 0) is 19.6 Å². The van der Waals surface area contributed by atoms with E-state index in [1.54, 1.807) is 4.90 Å². The third kappa shape index (κ3) is 4.47. The van der Waals surface area contributed by atoms with Crippen molar-refractivity contribution in [3.8, 4) is 0 Å². The van der Waals surface area contributed by atoms with Crippen LogP contribution >= 0.6 is 0 Å². The number of carbonyl (C=O) groups is 2. The molecule has 138 valence electrons. The molecular formula is C16H29N3O4S. The SMILES string of the molecule is CC(C)(C)C(=O)N1CCCC1C(=O)NC1CCCN(S(C)(=O)=O)C1. The third-order valence-electron chi connectivity index (χ3n) is 4.66. The average molecular weight is 359 g/mol. The van der Waals surface area contributed by atoms with Gasteiger partial charge in [0.2, 0.25) is 21.8 Å². The van der Waals surface area contributed by atoms with E-state index < -0.39 is 21.5 Å². The van der Waals surface area contributed by atoms with Crippen LogP contribution in [-0.4, -0.2) is 67.4 Å². The van der Waals surface area contributed by atoms with Crippen LogP contribution in [0.2, 0.25) is 0 Å². The number of hydrogen-bond donors (Lipinski definition) is 1. The monoisotopic (exact) mass is 359 g/mol. The summed E-state index contributed by atoms with van der Waals surface area (Å²) in [6.07, 6.45) is 4.17. The van der Waals surface area contributed by atoms with Crippen molar-refractivity contribution in [2.75, 3.05) is 25.9 Å². The molecule has 0 saturated carbocycles. The fraction of sp³-hybridized carbons (Fsp3) is 0.875. The summed E-state index contributed by atoms with van der Waals surface area (Å²) in [6.45, 7) is 6.98. The molecule has 24 heavy (non-hydrogen) atoms. The van der Waals surface area contributed by atoms with Crippen molar-refractivity contribution in [1.29, 1.82) is 0 Å². The van der Waals surface area contributed by atoms with Gasteiger partial charge in [-0.25, -0.2) is 12.7 Å². The first-order valence-electron chi connectivity index (χ1n) is 8.56. The van der Waals surface area contributed by atoms with E-state index in [0.29, 0.717) is 26.1 Å². The van der Waals surface area contributed by atoms with E-state index >= 15 is 0 Å². The van der Waals surface area contributed by atoms with E-state index in [1.165, 1.54) is 10.6 Å². The molecule has 1 N–H and O–H groups in total. The number of carbonyl (C=O) groups excluding carboxylic acids is 2. The molecule has 0 aromatic rings. The van der Waals surface area contributed by atoms with Crippen LogP contribution in [0.5, 0.6) is 0 Å². The van der Waals surface area contributed by atoms with Gasteiger partial charge in [0.05, 0.1) is 6.26 Å². The highest BCUT2D eigenvalue weighted by atomic mass is 32.2. The van der Waals surface area contributed by atoms with Crippen molar-refractivity contribution in [2.24, 2.45) is 5.41 Å². The van der Waals surface area contributed by atoms with Gasteiger partial charge < -0.3 is 10.2 Å². The number of hydrogen-bond acceptors (Lipinski definition) is 4. The second-order valence-corrected chi connectivity index (χ2v) is 9.86. The van der Waals surface area contributed by atoms with Gasteiger partial charge in [0, 0.05) is 31.1 Å². The van der Waals surface area contributed by atoms with Gasteiger partial charge in [-0.1, -0.05) is 20.8 Å². The van der Waals surface area contributed by atoms with Crippen molar-refractivity contribution < 1.29 is 18.0 Å². The van der Waals surface area contributed by atoms with Crippen LogP contribution in [0.3, 0.4) is 0 Å². The van der Waals surface area contributed by atoms with E-state index in [0.717, 1.165) is 19.3 Å². The summed E-state index contributed by atoms with van der Waals surface area (Å²) < 4.78 is 24.8. The predicted octanol–water partition coefficient (Wildman–Crippen LogP) is 0.564. The predicted molar refractivity (Wildman–Crippen MR) is 91.8 cm³/mol. The smallest absolute Gasteiger partial charge is 0.243 e. The Morgan fingerprint density at radius 3 is 2.29 bits per heavy atom. The lowest BCUT2D eigenvalue weighted by Crippen LogP contribution is -2.55. The molecule has 7 nitrogen and oxygen atoms in total. The van der Waals surface area contributed by atoms with Crippen LogP contribution < -0.4 is 5.32 Å². The molecule has 8 heteroatoms. The molecule has 2 saturated heterocycles. The van der Waals surface area contributed by atoms with Gasteiger partial charge in [0.1, 0.15) is 6.04 Å². The highest BCUT2D eigenvalue weighted by molar-refractivity contribution is 7.88. The fourth-order valence-corrected chi connectivity index (χ4v) is 4.28. The minimum atomic E-state index is -3.24. The molecule has 0 spiro atoms. The molecule has 2 aliphatic heterocycles. The zero-order valence-corrected chi connectivity index (χ0v) is 15.9. The summed E-state index contributed by atoms with van der Waals surface area (Å²) in [5.74, 6) is -0.174. The van der Waals surface area contributed by atoms with Crippen molar-refractivity contribution in [1.82, 2.24) is 14.5 Å². The third-order valence-corrected chi connectivity index (χ3v) is 5.93. The second-order valence-electron chi connectivity index (χ2n) is 7.88. The van der Waals surface area contributed by atoms with Crippen LogP contribution in [0.25, 0.3) is 0 Å². The van der Waals surface area contributed by atoms with Crippen molar-refractivity contribution in [3.63, 3.8) is 0 Å². The Balaban J connectivity index is 2.00. The molecule has 0 aromatic heterocycles. The van der Waals surface area contributed by atoms with Gasteiger partial charge in [-0.2, -0.15) is 0 Å².